The van der Waals surface area contributed by atoms with E-state index in [1.54, 1.807) is 7.05 Å². The highest BCUT2D eigenvalue weighted by molar-refractivity contribution is 8.15. The van der Waals surface area contributed by atoms with E-state index < -0.39 is 0 Å². The molecule has 2 rings (SSSR count). The molecule has 5 nitrogen and oxygen atoms in total. The Morgan fingerprint density at radius 1 is 1.57 bits per heavy atom. The Morgan fingerprint density at radius 3 is 2.93 bits per heavy atom. The zero-order valence-electron chi connectivity index (χ0n) is 7.44. The molecule has 1 aromatic heterocycles. The molecule has 0 atom stereocenters. The number of carbonyl (C=O) groups is 1. The fourth-order valence-electron chi connectivity index (χ4n) is 1.06. The highest BCUT2D eigenvalue weighted by Crippen LogP contribution is 2.38. The van der Waals surface area contributed by atoms with Crippen molar-refractivity contribution in [2.24, 2.45) is 7.05 Å². The average molecular weight is 254 g/mol. The first kappa shape index (κ1) is 11.7. The van der Waals surface area contributed by atoms with E-state index in [0.717, 1.165) is 9.92 Å². The number of rotatable bonds is 1. The molecule has 0 radical (unpaired) electrons. The van der Waals surface area contributed by atoms with Crippen LogP contribution in [-0.4, -0.2) is 22.9 Å². The monoisotopic (exact) mass is 253 g/mol. The zero-order valence-corrected chi connectivity index (χ0v) is 9.89. The summed E-state index contributed by atoms with van der Waals surface area (Å²) in [6.07, 6.45) is 0. The van der Waals surface area contributed by atoms with Gasteiger partial charge in [0.2, 0.25) is 0 Å². The Hall–Kier alpha value is -0.370. The van der Waals surface area contributed by atoms with Gasteiger partial charge in [0.25, 0.3) is 0 Å². The van der Waals surface area contributed by atoms with Crippen LogP contribution in [0.25, 0.3) is 0 Å². The Balaban J connectivity index is 0.000000980. The lowest BCUT2D eigenvalue weighted by Gasteiger charge is -2.00. The molecule has 1 aliphatic rings. The van der Waals surface area contributed by atoms with Crippen molar-refractivity contribution < 1.29 is 9.53 Å². The number of ether oxygens (including phenoxy) is 1. The van der Waals surface area contributed by atoms with Gasteiger partial charge in [-0.25, -0.2) is 4.79 Å². The average Bonchev–Trinajstić information content (AvgIpc) is 2.62. The topological polar surface area (TPSA) is 56.1 Å². The summed E-state index contributed by atoms with van der Waals surface area (Å²) in [6, 6.07) is 0. The van der Waals surface area contributed by atoms with Crippen LogP contribution in [0, 0.1) is 0 Å². The zero-order chi connectivity index (χ0) is 9.42. The molecule has 1 aliphatic heterocycles. The summed E-state index contributed by atoms with van der Waals surface area (Å²) in [5.74, 6) is -0.354. The Morgan fingerprint density at radius 2 is 2.29 bits per heavy atom. The van der Waals surface area contributed by atoms with Crippen LogP contribution in [0.1, 0.15) is 10.5 Å². The second-order valence-corrected chi connectivity index (χ2v) is 4.26. The van der Waals surface area contributed by atoms with Crippen molar-refractivity contribution >= 4 is 42.3 Å². The van der Waals surface area contributed by atoms with Crippen LogP contribution in [0.5, 0.6) is 0 Å². The van der Waals surface area contributed by atoms with Gasteiger partial charge in [-0.1, -0.05) is 0 Å². The number of hydrogen-bond acceptors (Lipinski definition) is 6. The first-order valence-electron chi connectivity index (χ1n) is 3.48. The van der Waals surface area contributed by atoms with E-state index in [9.17, 15) is 4.79 Å². The number of nitrogens with one attached hydrogen (secondary N) is 1. The van der Waals surface area contributed by atoms with Crippen molar-refractivity contribution in [2.75, 3.05) is 7.11 Å². The molecule has 0 saturated heterocycles. The molecule has 0 saturated carbocycles. The number of halogens is 1. The van der Waals surface area contributed by atoms with Gasteiger partial charge in [-0.2, -0.15) is 9.23 Å². The predicted octanol–water partition coefficient (Wildman–Crippen LogP) is 1.25. The van der Waals surface area contributed by atoms with Crippen LogP contribution in [-0.2, 0) is 11.8 Å². The van der Waals surface area contributed by atoms with Gasteiger partial charge in [0.05, 0.1) is 12.0 Å². The Labute approximate surface area is 95.6 Å². The van der Waals surface area contributed by atoms with Crippen molar-refractivity contribution in [1.29, 1.82) is 0 Å². The lowest BCUT2D eigenvalue weighted by Crippen LogP contribution is -2.09. The third-order valence-electron chi connectivity index (χ3n) is 1.63. The predicted molar refractivity (Wildman–Crippen MR) is 56.6 cm³/mol. The Bertz CT molecular complexity index is 368. The first-order valence-corrected chi connectivity index (χ1v) is 5.11. The lowest BCUT2D eigenvalue weighted by molar-refractivity contribution is 0.0584. The van der Waals surface area contributed by atoms with Crippen molar-refractivity contribution in [1.82, 2.24) is 13.9 Å². The number of hydrogen-bond donors (Lipinski definition) is 1. The molecule has 0 aliphatic carbocycles. The van der Waals surface area contributed by atoms with Gasteiger partial charge in [-0.3, -0.25) is 4.68 Å². The van der Waals surface area contributed by atoms with E-state index in [-0.39, 0.29) is 18.4 Å². The highest BCUT2D eigenvalue weighted by atomic mass is 35.5. The van der Waals surface area contributed by atoms with E-state index in [1.165, 1.54) is 35.7 Å². The Kier molecular flexibility index (Phi) is 3.71. The second-order valence-electron chi connectivity index (χ2n) is 2.39. The third kappa shape index (κ3) is 1.72. The molecule has 1 N–H and O–H groups in total. The van der Waals surface area contributed by atoms with Crippen molar-refractivity contribution in [3.63, 3.8) is 0 Å². The molecule has 0 amide bonds. The SMILES string of the molecule is COC(=O)c1c2c(nn1C)SNS2.Cl. The maximum atomic E-state index is 11.3. The van der Waals surface area contributed by atoms with Crippen LogP contribution >= 0.6 is 36.3 Å². The maximum Gasteiger partial charge on any atom is 0.357 e. The molecule has 1 aromatic rings. The van der Waals surface area contributed by atoms with E-state index in [1.807, 2.05) is 0 Å². The number of methoxy groups -OCH3 is 1. The third-order valence-corrected chi connectivity index (χ3v) is 3.50. The molecular formula is C6H8ClN3O2S2. The van der Waals surface area contributed by atoms with E-state index >= 15 is 0 Å². The molecule has 8 heteroatoms. The summed E-state index contributed by atoms with van der Waals surface area (Å²) < 4.78 is 9.15. The van der Waals surface area contributed by atoms with Crippen molar-refractivity contribution in [3.8, 4) is 0 Å². The molecule has 0 spiro atoms. The standard InChI is InChI=1S/C6H7N3O2S2.ClH/c1-9-3(6(10)11-2)4-5(7-9)13-8-12-4;/h8H,1-2H3;1H. The molecule has 0 unspecified atom stereocenters. The second kappa shape index (κ2) is 4.43. The number of esters is 1. The summed E-state index contributed by atoms with van der Waals surface area (Å²) in [4.78, 5) is 12.2. The van der Waals surface area contributed by atoms with E-state index in [0.29, 0.717) is 5.69 Å². The number of nitrogens with zero attached hydrogens (tertiary/aromatic N) is 2. The molecule has 78 valence electrons. The van der Waals surface area contributed by atoms with Gasteiger partial charge in [0.15, 0.2) is 5.69 Å². The van der Waals surface area contributed by atoms with Crippen molar-refractivity contribution in [3.05, 3.63) is 5.69 Å². The van der Waals surface area contributed by atoms with Crippen LogP contribution in [0.2, 0.25) is 0 Å². The summed E-state index contributed by atoms with van der Waals surface area (Å²) in [5, 5.41) is 4.98. The van der Waals surface area contributed by atoms with Gasteiger partial charge in [0.1, 0.15) is 5.03 Å². The smallest absolute Gasteiger partial charge is 0.357 e. The van der Waals surface area contributed by atoms with Crippen molar-refractivity contribution in [2.45, 2.75) is 9.92 Å². The lowest BCUT2D eigenvalue weighted by atomic mass is 10.4. The van der Waals surface area contributed by atoms with Gasteiger partial charge in [0, 0.05) is 7.05 Å². The molecular weight excluding hydrogens is 246 g/mol. The molecule has 0 fully saturated rings. The molecule has 2 heterocycles. The maximum absolute atomic E-state index is 11.3. The van der Waals surface area contributed by atoms with Crippen LogP contribution < -0.4 is 4.13 Å². The van der Waals surface area contributed by atoms with Gasteiger partial charge >= 0.3 is 5.97 Å². The number of carbonyl (C=O) groups excluding carboxylic acids is 1. The minimum atomic E-state index is -0.354. The number of aromatic nitrogens is 2. The van der Waals surface area contributed by atoms with Gasteiger partial charge in [-0.05, 0) is 23.9 Å². The van der Waals surface area contributed by atoms with Crippen LogP contribution in [0.15, 0.2) is 9.92 Å². The minimum Gasteiger partial charge on any atom is -0.464 e. The number of fused-ring (bicyclic) bond motifs is 1. The molecule has 0 aromatic carbocycles. The van der Waals surface area contributed by atoms with E-state index in [2.05, 4.69) is 14.0 Å². The van der Waals surface area contributed by atoms with Gasteiger partial charge < -0.3 is 4.74 Å². The summed E-state index contributed by atoms with van der Waals surface area (Å²) in [7, 11) is 3.09. The normalized spacial score (nSPS) is 13.3. The summed E-state index contributed by atoms with van der Waals surface area (Å²) in [5.41, 5.74) is 0.500. The summed E-state index contributed by atoms with van der Waals surface area (Å²) in [6.45, 7) is 0. The van der Waals surface area contributed by atoms with E-state index in [4.69, 9.17) is 0 Å². The largest absolute Gasteiger partial charge is 0.464 e. The van der Waals surface area contributed by atoms with Crippen LogP contribution in [0.4, 0.5) is 0 Å². The number of aryl methyl sites for hydroxylation is 1. The van der Waals surface area contributed by atoms with Gasteiger partial charge in [-0.15, -0.1) is 12.4 Å². The highest BCUT2D eigenvalue weighted by Gasteiger charge is 2.27. The fraction of sp³-hybridized carbons (Fsp3) is 0.333. The first-order chi connectivity index (χ1) is 6.24. The molecule has 14 heavy (non-hydrogen) atoms. The molecule has 0 bridgehead atoms. The fourth-order valence-corrected chi connectivity index (χ4v) is 2.92. The van der Waals surface area contributed by atoms with Crippen LogP contribution in [0.3, 0.4) is 0 Å². The summed E-state index contributed by atoms with van der Waals surface area (Å²) >= 11 is 2.79. The quantitative estimate of drug-likeness (QED) is 0.601. The minimum absolute atomic E-state index is 0.